The van der Waals surface area contributed by atoms with Crippen LogP contribution in [0.2, 0.25) is 0 Å². The highest BCUT2D eigenvalue weighted by Gasteiger charge is 2.15. The van der Waals surface area contributed by atoms with Crippen LogP contribution in [0.3, 0.4) is 0 Å². The van der Waals surface area contributed by atoms with Gasteiger partial charge >= 0.3 is 0 Å². The molecule has 8 heteroatoms. The summed E-state index contributed by atoms with van der Waals surface area (Å²) in [6, 6.07) is 12.2. The Morgan fingerprint density at radius 3 is 2.81 bits per heavy atom. The highest BCUT2D eigenvalue weighted by molar-refractivity contribution is 5.75. The van der Waals surface area contributed by atoms with Crippen molar-refractivity contribution in [1.29, 1.82) is 0 Å². The molecule has 0 atom stereocenters. The van der Waals surface area contributed by atoms with E-state index in [1.165, 1.54) is 17.0 Å². The molecule has 2 aromatic heterocycles. The van der Waals surface area contributed by atoms with Gasteiger partial charge in [-0.1, -0.05) is 6.07 Å². The summed E-state index contributed by atoms with van der Waals surface area (Å²) in [5.74, 6) is 0.990. The van der Waals surface area contributed by atoms with Gasteiger partial charge in [0.1, 0.15) is 6.54 Å². The van der Waals surface area contributed by atoms with Crippen LogP contribution in [-0.4, -0.2) is 27.2 Å². The van der Waals surface area contributed by atoms with Gasteiger partial charge < -0.3 is 14.8 Å². The van der Waals surface area contributed by atoms with Gasteiger partial charge in [-0.2, -0.15) is 0 Å². The molecule has 0 unspecified atom stereocenters. The van der Waals surface area contributed by atoms with Crippen molar-refractivity contribution in [3.05, 3.63) is 71.0 Å². The third kappa shape index (κ3) is 3.79. The lowest BCUT2D eigenvalue weighted by Crippen LogP contribution is -2.32. The molecule has 0 bridgehead atoms. The molecule has 4 rings (SSSR count). The number of benzene rings is 1. The van der Waals surface area contributed by atoms with Gasteiger partial charge in [-0.3, -0.25) is 19.1 Å². The molecule has 1 aromatic carbocycles. The number of pyridine rings is 1. The Bertz CT molecular complexity index is 1030. The molecule has 0 radical (unpaired) electrons. The lowest BCUT2D eigenvalue weighted by atomic mass is 10.1. The molecule has 1 amide bonds. The maximum atomic E-state index is 12.3. The fraction of sp³-hybridized carbons (Fsp3) is 0.158. The molecule has 3 aromatic rings. The summed E-state index contributed by atoms with van der Waals surface area (Å²) >= 11 is 0. The van der Waals surface area contributed by atoms with Gasteiger partial charge in [0.15, 0.2) is 11.5 Å². The van der Waals surface area contributed by atoms with E-state index < -0.39 is 0 Å². The second-order valence-corrected chi connectivity index (χ2v) is 5.91. The van der Waals surface area contributed by atoms with Gasteiger partial charge in [0, 0.05) is 17.8 Å². The lowest BCUT2D eigenvalue weighted by Gasteiger charge is -2.08. The average molecular weight is 364 g/mol. The number of amides is 1. The summed E-state index contributed by atoms with van der Waals surface area (Å²) in [5, 5.41) is 2.73. The number of nitrogens with zero attached hydrogens (tertiary/aromatic N) is 3. The highest BCUT2D eigenvalue weighted by Crippen LogP contribution is 2.35. The number of carbonyl (C=O) groups excluding carboxylic acids is 1. The third-order valence-electron chi connectivity index (χ3n) is 4.05. The van der Waals surface area contributed by atoms with E-state index in [-0.39, 0.29) is 24.8 Å². The monoisotopic (exact) mass is 364 g/mol. The fourth-order valence-corrected chi connectivity index (χ4v) is 2.66. The minimum Gasteiger partial charge on any atom is -0.454 e. The van der Waals surface area contributed by atoms with Crippen molar-refractivity contribution in [3.8, 4) is 22.8 Å². The molecular formula is C19H16N4O4. The van der Waals surface area contributed by atoms with Gasteiger partial charge in [0.05, 0.1) is 24.3 Å². The molecule has 27 heavy (non-hydrogen) atoms. The summed E-state index contributed by atoms with van der Waals surface area (Å²) in [4.78, 5) is 32.8. The van der Waals surface area contributed by atoms with E-state index in [0.717, 1.165) is 11.3 Å². The first-order valence-corrected chi connectivity index (χ1v) is 8.32. The van der Waals surface area contributed by atoms with Crippen LogP contribution >= 0.6 is 0 Å². The number of hydrogen-bond acceptors (Lipinski definition) is 6. The normalized spacial score (nSPS) is 12.0. The van der Waals surface area contributed by atoms with Crippen molar-refractivity contribution in [3.63, 3.8) is 0 Å². The molecule has 1 aliphatic heterocycles. The summed E-state index contributed by atoms with van der Waals surface area (Å²) in [6.07, 6.45) is 3.02. The highest BCUT2D eigenvalue weighted by atomic mass is 16.7. The van der Waals surface area contributed by atoms with Crippen molar-refractivity contribution < 1.29 is 14.3 Å². The molecule has 1 N–H and O–H groups in total. The number of nitrogens with one attached hydrogen (secondary N) is 1. The van der Waals surface area contributed by atoms with E-state index in [9.17, 15) is 9.59 Å². The largest absolute Gasteiger partial charge is 0.454 e. The first-order chi connectivity index (χ1) is 13.2. The SMILES string of the molecule is O=C(Cn1cnc(-c2ccc3c(c2)OCO3)cc1=O)NCc1ccccn1. The Labute approximate surface area is 154 Å². The lowest BCUT2D eigenvalue weighted by molar-refractivity contribution is -0.121. The Hall–Kier alpha value is -3.68. The second-order valence-electron chi connectivity index (χ2n) is 5.91. The Morgan fingerprint density at radius 2 is 2.00 bits per heavy atom. The Morgan fingerprint density at radius 1 is 1.11 bits per heavy atom. The molecule has 0 saturated carbocycles. The predicted octanol–water partition coefficient (Wildman–Crippen LogP) is 1.35. The van der Waals surface area contributed by atoms with Crippen molar-refractivity contribution in [2.45, 2.75) is 13.1 Å². The van der Waals surface area contributed by atoms with E-state index in [1.54, 1.807) is 30.5 Å². The van der Waals surface area contributed by atoms with Crippen LogP contribution in [0.5, 0.6) is 11.5 Å². The van der Waals surface area contributed by atoms with Gasteiger partial charge in [-0.25, -0.2) is 4.98 Å². The molecule has 0 aliphatic carbocycles. The second kappa shape index (κ2) is 7.28. The predicted molar refractivity (Wildman–Crippen MR) is 96.1 cm³/mol. The van der Waals surface area contributed by atoms with E-state index in [1.807, 2.05) is 12.1 Å². The van der Waals surface area contributed by atoms with E-state index >= 15 is 0 Å². The summed E-state index contributed by atoms with van der Waals surface area (Å²) in [5.41, 5.74) is 1.67. The van der Waals surface area contributed by atoms with Crippen molar-refractivity contribution in [1.82, 2.24) is 19.9 Å². The zero-order chi connectivity index (χ0) is 18.6. The van der Waals surface area contributed by atoms with Gasteiger partial charge in [-0.15, -0.1) is 0 Å². The topological polar surface area (TPSA) is 95.3 Å². The van der Waals surface area contributed by atoms with Crippen LogP contribution in [0, 0.1) is 0 Å². The van der Waals surface area contributed by atoms with Crippen LogP contribution in [0.4, 0.5) is 0 Å². The summed E-state index contributed by atoms with van der Waals surface area (Å²) in [6.45, 7) is 0.374. The number of carbonyl (C=O) groups is 1. The standard InChI is InChI=1S/C19H16N4O4/c24-18(21-9-14-3-1-2-6-20-14)10-23-11-22-15(8-19(23)25)13-4-5-16-17(7-13)27-12-26-16/h1-8,11H,9-10,12H2,(H,21,24). The first kappa shape index (κ1) is 16.8. The van der Waals surface area contributed by atoms with Crippen molar-refractivity contribution >= 4 is 5.91 Å². The van der Waals surface area contributed by atoms with Crippen LogP contribution in [0.15, 0.2) is 59.8 Å². The molecule has 0 saturated heterocycles. The third-order valence-corrected chi connectivity index (χ3v) is 4.05. The van der Waals surface area contributed by atoms with Crippen molar-refractivity contribution in [2.75, 3.05) is 6.79 Å². The zero-order valence-corrected chi connectivity index (χ0v) is 14.3. The first-order valence-electron chi connectivity index (χ1n) is 8.32. The van der Waals surface area contributed by atoms with Gasteiger partial charge in [0.25, 0.3) is 5.56 Å². The van der Waals surface area contributed by atoms with Crippen LogP contribution in [0.1, 0.15) is 5.69 Å². The number of hydrogen-bond donors (Lipinski definition) is 1. The molecule has 136 valence electrons. The number of fused-ring (bicyclic) bond motifs is 1. The summed E-state index contributed by atoms with van der Waals surface area (Å²) in [7, 11) is 0. The molecule has 0 spiro atoms. The minimum atomic E-state index is -0.314. The molecule has 3 heterocycles. The van der Waals surface area contributed by atoms with Gasteiger partial charge in [0.2, 0.25) is 12.7 Å². The maximum Gasteiger partial charge on any atom is 0.254 e. The number of rotatable bonds is 5. The van der Waals surface area contributed by atoms with Crippen molar-refractivity contribution in [2.24, 2.45) is 0 Å². The van der Waals surface area contributed by atoms with Crippen LogP contribution in [-0.2, 0) is 17.9 Å². The number of aromatic nitrogens is 3. The molecule has 1 aliphatic rings. The Kier molecular flexibility index (Phi) is 4.52. The maximum absolute atomic E-state index is 12.3. The smallest absolute Gasteiger partial charge is 0.254 e. The van der Waals surface area contributed by atoms with E-state index in [4.69, 9.17) is 9.47 Å². The molecule has 8 nitrogen and oxygen atoms in total. The number of ether oxygens (including phenoxy) is 2. The van der Waals surface area contributed by atoms with Crippen LogP contribution < -0.4 is 20.3 Å². The zero-order valence-electron chi connectivity index (χ0n) is 14.3. The van der Waals surface area contributed by atoms with E-state index in [2.05, 4.69) is 15.3 Å². The average Bonchev–Trinajstić information content (AvgIpc) is 3.16. The molecular weight excluding hydrogens is 348 g/mol. The molecule has 0 fully saturated rings. The van der Waals surface area contributed by atoms with E-state index in [0.29, 0.717) is 23.7 Å². The minimum absolute atomic E-state index is 0.111. The summed E-state index contributed by atoms with van der Waals surface area (Å²) < 4.78 is 11.9. The van der Waals surface area contributed by atoms with Crippen LogP contribution in [0.25, 0.3) is 11.3 Å². The Balaban J connectivity index is 1.44. The quantitative estimate of drug-likeness (QED) is 0.734. The fourth-order valence-electron chi connectivity index (χ4n) is 2.66. The van der Waals surface area contributed by atoms with Gasteiger partial charge in [-0.05, 0) is 30.3 Å².